The van der Waals surface area contributed by atoms with Crippen LogP contribution < -0.4 is 10.7 Å². The van der Waals surface area contributed by atoms with Crippen LogP contribution >= 0.6 is 23.8 Å². The molecule has 2 N–H and O–H groups in total. The van der Waals surface area contributed by atoms with Crippen molar-refractivity contribution in [3.63, 3.8) is 0 Å². The molecule has 0 heterocycles. The van der Waals surface area contributed by atoms with Gasteiger partial charge in [0.25, 0.3) is 0 Å². The molecule has 2 aliphatic rings. The molecule has 106 valence electrons. The summed E-state index contributed by atoms with van der Waals surface area (Å²) in [6, 6.07) is 6.49. The lowest BCUT2D eigenvalue weighted by Gasteiger charge is -2.13. The minimum atomic E-state index is 0.514. The van der Waals surface area contributed by atoms with Crippen LogP contribution in [0.5, 0.6) is 0 Å². The molecular formula is C15H18ClN3S. The SMILES string of the molecule is S=C(NN=C1CCc2c(Cl)cccc21)NC1CCCC1. The molecule has 0 saturated heterocycles. The topological polar surface area (TPSA) is 36.4 Å². The summed E-state index contributed by atoms with van der Waals surface area (Å²) in [6.45, 7) is 0. The minimum Gasteiger partial charge on any atom is -0.359 e. The van der Waals surface area contributed by atoms with E-state index in [1.807, 2.05) is 12.1 Å². The van der Waals surface area contributed by atoms with Gasteiger partial charge in [0, 0.05) is 16.6 Å². The second-order valence-electron chi connectivity index (χ2n) is 5.39. The second kappa shape index (κ2) is 6.10. The lowest BCUT2D eigenvalue weighted by atomic mass is 10.1. The molecule has 20 heavy (non-hydrogen) atoms. The first kappa shape index (κ1) is 13.8. The van der Waals surface area contributed by atoms with Crippen LogP contribution in [0.15, 0.2) is 23.3 Å². The highest BCUT2D eigenvalue weighted by Crippen LogP contribution is 2.28. The molecule has 0 bridgehead atoms. The zero-order valence-corrected chi connectivity index (χ0v) is 12.9. The summed E-state index contributed by atoms with van der Waals surface area (Å²) < 4.78 is 0. The zero-order valence-electron chi connectivity index (χ0n) is 11.3. The van der Waals surface area contributed by atoms with Crippen molar-refractivity contribution in [1.82, 2.24) is 10.7 Å². The second-order valence-corrected chi connectivity index (χ2v) is 6.21. The van der Waals surface area contributed by atoms with Crippen LogP contribution in [0.25, 0.3) is 0 Å². The Balaban J connectivity index is 1.63. The molecule has 0 radical (unpaired) electrons. The highest BCUT2D eigenvalue weighted by molar-refractivity contribution is 7.80. The third-order valence-electron chi connectivity index (χ3n) is 4.02. The van der Waals surface area contributed by atoms with Gasteiger partial charge < -0.3 is 5.32 Å². The molecule has 3 nitrogen and oxygen atoms in total. The number of thiocarbonyl (C=S) groups is 1. The fraction of sp³-hybridized carbons (Fsp3) is 0.467. The zero-order chi connectivity index (χ0) is 13.9. The van der Waals surface area contributed by atoms with Crippen LogP contribution in [-0.4, -0.2) is 16.9 Å². The summed E-state index contributed by atoms with van der Waals surface area (Å²) in [5, 5.41) is 9.23. The van der Waals surface area contributed by atoms with Crippen molar-refractivity contribution in [2.45, 2.75) is 44.6 Å². The number of hydrogen-bond donors (Lipinski definition) is 2. The van der Waals surface area contributed by atoms with Gasteiger partial charge >= 0.3 is 0 Å². The first-order valence-corrected chi connectivity index (χ1v) is 7.93. The van der Waals surface area contributed by atoms with Crippen molar-refractivity contribution in [2.24, 2.45) is 5.10 Å². The Bertz CT molecular complexity index is 550. The third kappa shape index (κ3) is 2.96. The van der Waals surface area contributed by atoms with Crippen molar-refractivity contribution in [1.29, 1.82) is 0 Å². The van der Waals surface area contributed by atoms with E-state index in [-0.39, 0.29) is 0 Å². The number of fused-ring (bicyclic) bond motifs is 1. The lowest BCUT2D eigenvalue weighted by molar-refractivity contribution is 0.623. The van der Waals surface area contributed by atoms with Gasteiger partial charge in [-0.05, 0) is 49.5 Å². The van der Waals surface area contributed by atoms with Crippen LogP contribution in [0.3, 0.4) is 0 Å². The highest BCUT2D eigenvalue weighted by Gasteiger charge is 2.20. The van der Waals surface area contributed by atoms with Crippen molar-refractivity contribution in [2.75, 3.05) is 0 Å². The Morgan fingerprint density at radius 3 is 2.85 bits per heavy atom. The molecule has 0 aromatic heterocycles. The predicted octanol–water partition coefficient (Wildman–Crippen LogP) is 3.40. The van der Waals surface area contributed by atoms with Crippen LogP contribution in [0, 0.1) is 0 Å². The highest BCUT2D eigenvalue weighted by atomic mass is 35.5. The van der Waals surface area contributed by atoms with Gasteiger partial charge in [0.1, 0.15) is 0 Å². The molecule has 1 saturated carbocycles. The van der Waals surface area contributed by atoms with Gasteiger partial charge in [0.2, 0.25) is 0 Å². The average molecular weight is 308 g/mol. The Labute approximate surface area is 129 Å². The van der Waals surface area contributed by atoms with E-state index in [1.165, 1.54) is 31.2 Å². The largest absolute Gasteiger partial charge is 0.359 e. The summed E-state index contributed by atoms with van der Waals surface area (Å²) >= 11 is 11.5. The Morgan fingerprint density at radius 2 is 2.05 bits per heavy atom. The maximum Gasteiger partial charge on any atom is 0.187 e. The predicted molar refractivity (Wildman–Crippen MR) is 87.4 cm³/mol. The van der Waals surface area contributed by atoms with Crippen LogP contribution in [0.2, 0.25) is 5.02 Å². The Kier molecular flexibility index (Phi) is 4.22. The number of nitrogens with zero attached hydrogens (tertiary/aromatic N) is 1. The Morgan fingerprint density at radius 1 is 1.25 bits per heavy atom. The number of benzene rings is 1. The quantitative estimate of drug-likeness (QED) is 0.649. The van der Waals surface area contributed by atoms with Gasteiger partial charge in [-0.25, -0.2) is 0 Å². The third-order valence-corrected chi connectivity index (χ3v) is 4.59. The molecule has 2 aliphatic carbocycles. The van der Waals surface area contributed by atoms with E-state index in [0.717, 1.165) is 29.1 Å². The fourth-order valence-corrected chi connectivity index (χ4v) is 3.46. The molecule has 1 aromatic rings. The molecule has 0 spiro atoms. The van der Waals surface area contributed by atoms with Crippen LogP contribution in [-0.2, 0) is 6.42 Å². The fourth-order valence-electron chi connectivity index (χ4n) is 2.98. The molecular weight excluding hydrogens is 290 g/mol. The van der Waals surface area contributed by atoms with Gasteiger partial charge in [-0.3, -0.25) is 5.43 Å². The summed E-state index contributed by atoms with van der Waals surface area (Å²) in [4.78, 5) is 0. The van der Waals surface area contributed by atoms with Gasteiger partial charge in [-0.2, -0.15) is 5.10 Å². The van der Waals surface area contributed by atoms with Crippen molar-refractivity contribution >= 4 is 34.6 Å². The van der Waals surface area contributed by atoms with E-state index in [4.69, 9.17) is 23.8 Å². The summed E-state index contributed by atoms with van der Waals surface area (Å²) in [5.41, 5.74) is 6.36. The Hall–Kier alpha value is -1.13. The molecule has 1 aromatic carbocycles. The van der Waals surface area contributed by atoms with E-state index in [0.29, 0.717) is 11.2 Å². The summed E-state index contributed by atoms with van der Waals surface area (Å²) in [7, 11) is 0. The number of hydrogen-bond acceptors (Lipinski definition) is 2. The molecule has 1 fully saturated rings. The number of hydrazone groups is 1. The van der Waals surface area contributed by atoms with Crippen LogP contribution in [0.4, 0.5) is 0 Å². The van der Waals surface area contributed by atoms with E-state index in [9.17, 15) is 0 Å². The maximum absolute atomic E-state index is 6.20. The molecule has 3 rings (SSSR count). The maximum atomic E-state index is 6.20. The van der Waals surface area contributed by atoms with E-state index in [1.54, 1.807) is 0 Å². The van der Waals surface area contributed by atoms with Gasteiger partial charge in [-0.1, -0.05) is 36.6 Å². The van der Waals surface area contributed by atoms with Crippen molar-refractivity contribution < 1.29 is 0 Å². The van der Waals surface area contributed by atoms with Gasteiger partial charge in [-0.15, -0.1) is 0 Å². The monoisotopic (exact) mass is 307 g/mol. The molecule has 0 unspecified atom stereocenters. The van der Waals surface area contributed by atoms with Crippen molar-refractivity contribution in [3.05, 3.63) is 34.3 Å². The molecule has 0 amide bonds. The molecule has 0 atom stereocenters. The van der Waals surface area contributed by atoms with Crippen LogP contribution in [0.1, 0.15) is 43.2 Å². The van der Waals surface area contributed by atoms with Crippen molar-refractivity contribution in [3.8, 4) is 0 Å². The first-order valence-electron chi connectivity index (χ1n) is 7.15. The molecule has 5 heteroatoms. The summed E-state index contributed by atoms with van der Waals surface area (Å²) in [5.74, 6) is 0. The van der Waals surface area contributed by atoms with E-state index >= 15 is 0 Å². The standard InChI is InChI=1S/C15H18ClN3S/c16-13-7-3-6-12-11(13)8-9-14(12)18-19-15(20)17-10-4-1-2-5-10/h3,6-7,10H,1-2,4-5,8-9H2,(H2,17,19,20). The normalized spacial score (nSPS) is 20.1. The van der Waals surface area contributed by atoms with Gasteiger partial charge in [0.15, 0.2) is 5.11 Å². The average Bonchev–Trinajstić information content (AvgIpc) is 3.06. The minimum absolute atomic E-state index is 0.514. The summed E-state index contributed by atoms with van der Waals surface area (Å²) in [6.07, 6.45) is 6.87. The van der Waals surface area contributed by atoms with Gasteiger partial charge in [0.05, 0.1) is 5.71 Å². The smallest absolute Gasteiger partial charge is 0.187 e. The number of rotatable bonds is 2. The van der Waals surface area contributed by atoms with E-state index < -0.39 is 0 Å². The lowest BCUT2D eigenvalue weighted by Crippen LogP contribution is -2.38. The number of nitrogens with one attached hydrogen (secondary N) is 2. The first-order chi connectivity index (χ1) is 9.74. The molecule has 0 aliphatic heterocycles. The van der Waals surface area contributed by atoms with E-state index in [2.05, 4.69) is 21.9 Å². The number of halogens is 1.